The van der Waals surface area contributed by atoms with E-state index in [0.717, 1.165) is 38.5 Å². The molecule has 0 radical (unpaired) electrons. The Labute approximate surface area is 96.5 Å². The third-order valence-corrected chi connectivity index (χ3v) is 2.87. The van der Waals surface area contributed by atoms with Crippen LogP contribution in [0.3, 0.4) is 0 Å². The maximum absolute atomic E-state index is 9.32. The van der Waals surface area contributed by atoms with Crippen molar-refractivity contribution in [3.8, 4) is 0 Å². The quantitative estimate of drug-likeness (QED) is 0.810. The summed E-state index contributed by atoms with van der Waals surface area (Å²) in [5.74, 6) is 1.05. The van der Waals surface area contributed by atoms with Gasteiger partial charge >= 0.3 is 0 Å². The number of rotatable bonds is 3. The van der Waals surface area contributed by atoms with Gasteiger partial charge in [0.25, 0.3) is 0 Å². The monoisotopic (exact) mass is 221 g/mol. The molecule has 0 aromatic carbocycles. The summed E-state index contributed by atoms with van der Waals surface area (Å²) < 4.78 is 0. The first-order valence-corrected chi connectivity index (χ1v) is 5.82. The summed E-state index contributed by atoms with van der Waals surface area (Å²) in [7, 11) is 0. The van der Waals surface area contributed by atoms with Crippen LogP contribution in [0.2, 0.25) is 0 Å². The van der Waals surface area contributed by atoms with Crippen LogP contribution in [0.4, 0.5) is 5.82 Å². The molecular formula is C12H19N3O. The molecule has 4 heteroatoms. The van der Waals surface area contributed by atoms with Crippen molar-refractivity contribution in [1.29, 1.82) is 0 Å². The molecule has 0 amide bonds. The van der Waals surface area contributed by atoms with Gasteiger partial charge in [0.1, 0.15) is 5.82 Å². The largest absolute Gasteiger partial charge is 0.392 e. The highest BCUT2D eigenvalue weighted by molar-refractivity contribution is 5.38. The van der Waals surface area contributed by atoms with E-state index < -0.39 is 0 Å². The Balaban J connectivity index is 1.86. The summed E-state index contributed by atoms with van der Waals surface area (Å²) >= 11 is 0. The van der Waals surface area contributed by atoms with E-state index in [1.807, 2.05) is 31.3 Å². The number of pyridine rings is 1. The number of hydrogen-bond acceptors (Lipinski definition) is 4. The smallest absolute Gasteiger partial charge is 0.128 e. The second-order valence-corrected chi connectivity index (χ2v) is 4.32. The summed E-state index contributed by atoms with van der Waals surface area (Å²) in [5, 5.41) is 9.32. The zero-order valence-electron chi connectivity index (χ0n) is 9.71. The van der Waals surface area contributed by atoms with Crippen LogP contribution in [0.5, 0.6) is 0 Å². The summed E-state index contributed by atoms with van der Waals surface area (Å²) in [4.78, 5) is 8.93. The Morgan fingerprint density at radius 3 is 2.62 bits per heavy atom. The van der Waals surface area contributed by atoms with Gasteiger partial charge in [-0.25, -0.2) is 4.98 Å². The van der Waals surface area contributed by atoms with Gasteiger partial charge in [0.05, 0.1) is 6.10 Å². The van der Waals surface area contributed by atoms with Crippen LogP contribution in [-0.2, 0) is 0 Å². The van der Waals surface area contributed by atoms with Crippen molar-refractivity contribution in [2.24, 2.45) is 0 Å². The van der Waals surface area contributed by atoms with Crippen molar-refractivity contribution in [3.05, 3.63) is 24.4 Å². The van der Waals surface area contributed by atoms with Gasteiger partial charge in [0.15, 0.2) is 0 Å². The molecular weight excluding hydrogens is 202 g/mol. The molecule has 0 bridgehead atoms. The SMILES string of the molecule is CC(O)CN1CCN(c2ccccn2)CC1. The van der Waals surface area contributed by atoms with Crippen molar-refractivity contribution in [1.82, 2.24) is 9.88 Å². The molecule has 1 atom stereocenters. The number of aromatic nitrogens is 1. The van der Waals surface area contributed by atoms with Crippen LogP contribution >= 0.6 is 0 Å². The molecule has 0 spiro atoms. The molecule has 1 aliphatic rings. The Morgan fingerprint density at radius 2 is 2.06 bits per heavy atom. The van der Waals surface area contributed by atoms with Crippen LogP contribution in [-0.4, -0.2) is 53.8 Å². The number of anilines is 1. The van der Waals surface area contributed by atoms with Crippen molar-refractivity contribution in [2.45, 2.75) is 13.0 Å². The zero-order chi connectivity index (χ0) is 11.4. The summed E-state index contributed by atoms with van der Waals surface area (Å²) in [6.07, 6.45) is 1.60. The van der Waals surface area contributed by atoms with Crippen molar-refractivity contribution in [2.75, 3.05) is 37.6 Å². The zero-order valence-corrected chi connectivity index (χ0v) is 9.71. The number of nitrogens with zero attached hydrogens (tertiary/aromatic N) is 3. The molecule has 0 saturated carbocycles. The molecule has 2 rings (SSSR count). The highest BCUT2D eigenvalue weighted by atomic mass is 16.3. The predicted molar refractivity (Wildman–Crippen MR) is 64.6 cm³/mol. The van der Waals surface area contributed by atoms with Gasteiger partial charge in [-0.2, -0.15) is 0 Å². The standard InChI is InChI=1S/C12H19N3O/c1-11(16)10-14-6-8-15(9-7-14)12-4-2-3-5-13-12/h2-5,11,16H,6-10H2,1H3. The van der Waals surface area contributed by atoms with E-state index in [0.29, 0.717) is 0 Å². The highest BCUT2D eigenvalue weighted by Gasteiger charge is 2.18. The Bertz CT molecular complexity index is 307. The highest BCUT2D eigenvalue weighted by Crippen LogP contribution is 2.12. The van der Waals surface area contributed by atoms with Crippen LogP contribution in [0.25, 0.3) is 0 Å². The molecule has 1 aromatic rings. The number of β-amino-alcohol motifs (C(OH)–C–C–N with tert-alkyl or cyclic N) is 1. The Morgan fingerprint density at radius 1 is 1.31 bits per heavy atom. The number of hydrogen-bond donors (Lipinski definition) is 1. The fourth-order valence-corrected chi connectivity index (χ4v) is 2.07. The number of aliphatic hydroxyl groups is 1. The van der Waals surface area contributed by atoms with E-state index in [2.05, 4.69) is 14.8 Å². The molecule has 0 aliphatic carbocycles. The average molecular weight is 221 g/mol. The molecule has 2 heterocycles. The van der Waals surface area contributed by atoms with Gasteiger partial charge in [0, 0.05) is 38.9 Å². The van der Waals surface area contributed by atoms with Gasteiger partial charge in [-0.3, -0.25) is 4.90 Å². The minimum atomic E-state index is -0.235. The molecule has 1 N–H and O–H groups in total. The molecule has 4 nitrogen and oxygen atoms in total. The minimum absolute atomic E-state index is 0.235. The lowest BCUT2D eigenvalue weighted by atomic mass is 10.2. The van der Waals surface area contributed by atoms with Crippen molar-refractivity contribution >= 4 is 5.82 Å². The van der Waals surface area contributed by atoms with Crippen LogP contribution in [0, 0.1) is 0 Å². The van der Waals surface area contributed by atoms with Gasteiger partial charge < -0.3 is 10.0 Å². The van der Waals surface area contributed by atoms with Crippen molar-refractivity contribution in [3.63, 3.8) is 0 Å². The Hall–Kier alpha value is -1.13. The van der Waals surface area contributed by atoms with Gasteiger partial charge in [-0.05, 0) is 19.1 Å². The lowest BCUT2D eigenvalue weighted by Crippen LogP contribution is -2.48. The third-order valence-electron chi connectivity index (χ3n) is 2.87. The first-order chi connectivity index (χ1) is 7.75. The second kappa shape index (κ2) is 5.27. The predicted octanol–water partition coefficient (Wildman–Crippen LogP) is 0.584. The van der Waals surface area contributed by atoms with Crippen LogP contribution < -0.4 is 4.90 Å². The fraction of sp³-hybridized carbons (Fsp3) is 0.583. The molecule has 1 saturated heterocycles. The van der Waals surface area contributed by atoms with Gasteiger partial charge in [-0.15, -0.1) is 0 Å². The van der Waals surface area contributed by atoms with E-state index >= 15 is 0 Å². The maximum Gasteiger partial charge on any atom is 0.128 e. The normalized spacial score (nSPS) is 19.8. The van der Waals surface area contributed by atoms with Gasteiger partial charge in [0.2, 0.25) is 0 Å². The Kier molecular flexibility index (Phi) is 3.74. The second-order valence-electron chi connectivity index (χ2n) is 4.32. The lowest BCUT2D eigenvalue weighted by molar-refractivity contribution is 0.122. The van der Waals surface area contributed by atoms with E-state index in [9.17, 15) is 5.11 Å². The van der Waals surface area contributed by atoms with Crippen LogP contribution in [0.1, 0.15) is 6.92 Å². The maximum atomic E-state index is 9.32. The topological polar surface area (TPSA) is 39.6 Å². The molecule has 1 aliphatic heterocycles. The summed E-state index contributed by atoms with van der Waals surface area (Å²) in [5.41, 5.74) is 0. The minimum Gasteiger partial charge on any atom is -0.392 e. The molecule has 88 valence electrons. The first kappa shape index (κ1) is 11.4. The third kappa shape index (κ3) is 2.93. The molecule has 1 fully saturated rings. The van der Waals surface area contributed by atoms with Crippen molar-refractivity contribution < 1.29 is 5.11 Å². The van der Waals surface area contributed by atoms with E-state index in [1.54, 1.807) is 0 Å². The number of piperazine rings is 1. The molecule has 1 unspecified atom stereocenters. The summed E-state index contributed by atoms with van der Waals surface area (Å²) in [6.45, 7) is 6.59. The molecule has 1 aromatic heterocycles. The molecule has 16 heavy (non-hydrogen) atoms. The first-order valence-electron chi connectivity index (χ1n) is 5.82. The number of aliphatic hydroxyl groups excluding tert-OH is 1. The summed E-state index contributed by atoms with van der Waals surface area (Å²) in [6, 6.07) is 6.00. The fourth-order valence-electron chi connectivity index (χ4n) is 2.07. The van der Waals surface area contributed by atoms with E-state index in [1.165, 1.54) is 0 Å². The van der Waals surface area contributed by atoms with Gasteiger partial charge in [-0.1, -0.05) is 6.07 Å². The van der Waals surface area contributed by atoms with E-state index in [4.69, 9.17) is 0 Å². The van der Waals surface area contributed by atoms with Crippen LogP contribution in [0.15, 0.2) is 24.4 Å². The lowest BCUT2D eigenvalue weighted by Gasteiger charge is -2.35. The average Bonchev–Trinajstić information content (AvgIpc) is 2.30. The van der Waals surface area contributed by atoms with E-state index in [-0.39, 0.29) is 6.10 Å².